The molecule has 1 aromatic carbocycles. The second kappa shape index (κ2) is 9.40. The maximum absolute atomic E-state index is 13.5. The van der Waals surface area contributed by atoms with E-state index in [2.05, 4.69) is 5.32 Å². The molecule has 0 bridgehead atoms. The summed E-state index contributed by atoms with van der Waals surface area (Å²) in [5.74, 6) is -1.05. The number of aryl methyl sites for hydroxylation is 3. The Balaban J connectivity index is 1.46. The fourth-order valence-corrected chi connectivity index (χ4v) is 4.63. The SMILES string of the molecule is CCc1nn(CCCOC(=O)c2cc(F)ccc2C)c2c1C(=O)NCC1(CCOCC1)C2. The van der Waals surface area contributed by atoms with Gasteiger partial charge in [-0.1, -0.05) is 13.0 Å². The van der Waals surface area contributed by atoms with Gasteiger partial charge in [-0.3, -0.25) is 9.48 Å². The Morgan fingerprint density at radius 1 is 1.34 bits per heavy atom. The molecular weight excluding hydrogens is 413 g/mol. The molecule has 3 heterocycles. The molecule has 1 N–H and O–H groups in total. The molecule has 32 heavy (non-hydrogen) atoms. The lowest BCUT2D eigenvalue weighted by atomic mass is 9.76. The van der Waals surface area contributed by atoms with E-state index < -0.39 is 11.8 Å². The normalized spacial score (nSPS) is 17.5. The van der Waals surface area contributed by atoms with Crippen molar-refractivity contribution in [1.29, 1.82) is 0 Å². The lowest BCUT2D eigenvalue weighted by Gasteiger charge is -2.36. The first-order valence-electron chi connectivity index (χ1n) is 11.3. The molecule has 8 heteroatoms. The van der Waals surface area contributed by atoms with Gasteiger partial charge in [0.25, 0.3) is 5.91 Å². The minimum atomic E-state index is -0.531. The Bertz CT molecular complexity index is 1010. The highest BCUT2D eigenvalue weighted by Gasteiger charge is 2.39. The van der Waals surface area contributed by atoms with Crippen LogP contribution in [-0.2, 0) is 28.9 Å². The van der Waals surface area contributed by atoms with Crippen LogP contribution < -0.4 is 5.32 Å². The van der Waals surface area contributed by atoms with Crippen LogP contribution in [0.25, 0.3) is 0 Å². The van der Waals surface area contributed by atoms with Gasteiger partial charge in [0.1, 0.15) is 5.82 Å². The maximum Gasteiger partial charge on any atom is 0.338 e. The lowest BCUT2D eigenvalue weighted by Crippen LogP contribution is -2.40. The van der Waals surface area contributed by atoms with E-state index in [9.17, 15) is 14.0 Å². The average molecular weight is 444 g/mol. The van der Waals surface area contributed by atoms with Crippen molar-refractivity contribution in [2.75, 3.05) is 26.4 Å². The largest absolute Gasteiger partial charge is 0.462 e. The van der Waals surface area contributed by atoms with E-state index >= 15 is 0 Å². The fraction of sp³-hybridized carbons (Fsp3) is 0.542. The molecule has 1 spiro atoms. The van der Waals surface area contributed by atoms with Gasteiger partial charge < -0.3 is 14.8 Å². The van der Waals surface area contributed by atoms with E-state index in [1.165, 1.54) is 12.1 Å². The van der Waals surface area contributed by atoms with Crippen molar-refractivity contribution in [2.24, 2.45) is 5.41 Å². The van der Waals surface area contributed by atoms with E-state index in [1.54, 1.807) is 13.0 Å². The van der Waals surface area contributed by atoms with Crippen LogP contribution in [0.15, 0.2) is 18.2 Å². The second-order valence-corrected chi connectivity index (χ2v) is 8.77. The number of amides is 1. The summed E-state index contributed by atoms with van der Waals surface area (Å²) in [5, 5.41) is 7.83. The Hall–Kier alpha value is -2.74. The zero-order valence-electron chi connectivity index (χ0n) is 18.7. The molecule has 4 rings (SSSR count). The number of rotatable bonds is 6. The molecule has 1 aromatic heterocycles. The summed E-state index contributed by atoms with van der Waals surface area (Å²) in [6, 6.07) is 4.08. The Kier molecular flexibility index (Phi) is 6.60. The first-order valence-corrected chi connectivity index (χ1v) is 11.3. The number of hydrogen-bond acceptors (Lipinski definition) is 5. The van der Waals surface area contributed by atoms with Crippen LogP contribution in [0.3, 0.4) is 0 Å². The molecule has 1 fully saturated rings. The van der Waals surface area contributed by atoms with E-state index in [0.717, 1.165) is 30.7 Å². The van der Waals surface area contributed by atoms with Gasteiger partial charge in [-0.05, 0) is 55.7 Å². The molecule has 1 amide bonds. The summed E-state index contributed by atoms with van der Waals surface area (Å²) in [6.45, 7) is 6.53. The molecule has 1 saturated heterocycles. The highest BCUT2D eigenvalue weighted by molar-refractivity contribution is 5.97. The summed E-state index contributed by atoms with van der Waals surface area (Å²) < 4.78 is 26.3. The third-order valence-corrected chi connectivity index (χ3v) is 6.58. The van der Waals surface area contributed by atoms with E-state index in [0.29, 0.717) is 50.3 Å². The predicted molar refractivity (Wildman–Crippen MR) is 116 cm³/mol. The summed E-state index contributed by atoms with van der Waals surface area (Å²) in [7, 11) is 0. The second-order valence-electron chi connectivity index (χ2n) is 8.77. The summed E-state index contributed by atoms with van der Waals surface area (Å²) in [5.41, 5.74) is 3.37. The topological polar surface area (TPSA) is 82.5 Å². The number of ether oxygens (including phenoxy) is 2. The van der Waals surface area contributed by atoms with Gasteiger partial charge in [0.15, 0.2) is 0 Å². The molecule has 7 nitrogen and oxygen atoms in total. The van der Waals surface area contributed by atoms with Gasteiger partial charge in [0.2, 0.25) is 0 Å². The van der Waals surface area contributed by atoms with Gasteiger partial charge in [0.05, 0.1) is 29.1 Å². The van der Waals surface area contributed by atoms with Crippen LogP contribution >= 0.6 is 0 Å². The van der Waals surface area contributed by atoms with Gasteiger partial charge in [-0.2, -0.15) is 5.10 Å². The van der Waals surface area contributed by atoms with E-state index in [1.807, 2.05) is 11.6 Å². The molecule has 2 aliphatic rings. The van der Waals surface area contributed by atoms with Crippen LogP contribution in [0.5, 0.6) is 0 Å². The van der Waals surface area contributed by atoms with Crippen molar-refractivity contribution in [3.05, 3.63) is 52.1 Å². The fourth-order valence-electron chi connectivity index (χ4n) is 4.63. The Morgan fingerprint density at radius 3 is 2.88 bits per heavy atom. The number of fused-ring (bicyclic) bond motifs is 1. The first kappa shape index (κ1) is 22.5. The number of halogens is 1. The first-order chi connectivity index (χ1) is 15.4. The van der Waals surface area contributed by atoms with Crippen LogP contribution in [0.4, 0.5) is 4.39 Å². The molecule has 0 aliphatic carbocycles. The van der Waals surface area contributed by atoms with Gasteiger partial charge in [-0.25, -0.2) is 9.18 Å². The minimum absolute atomic E-state index is 0.0106. The number of carbonyl (C=O) groups excluding carboxylic acids is 2. The summed E-state index contributed by atoms with van der Waals surface area (Å²) in [6.07, 6.45) is 3.81. The van der Waals surface area contributed by atoms with E-state index in [4.69, 9.17) is 14.6 Å². The standard InChI is InChI=1S/C24H30FN3O4/c1-3-19-21-20(14-24(15-26-22(21)29)7-11-31-12-8-24)28(27-19)9-4-10-32-23(30)18-13-17(25)6-5-16(18)2/h5-6,13H,3-4,7-12,14-15H2,1-2H3,(H,26,29). The van der Waals surface area contributed by atoms with Crippen LogP contribution in [0.2, 0.25) is 0 Å². The molecule has 2 aliphatic heterocycles. The summed E-state index contributed by atoms with van der Waals surface area (Å²) >= 11 is 0. The predicted octanol–water partition coefficient (Wildman–Crippen LogP) is 3.22. The lowest BCUT2D eigenvalue weighted by molar-refractivity contribution is 0.0152. The molecule has 0 saturated carbocycles. The van der Waals surface area contributed by atoms with Crippen LogP contribution in [0.1, 0.15) is 63.9 Å². The number of carbonyl (C=O) groups is 2. The molecule has 172 valence electrons. The van der Waals surface area contributed by atoms with E-state index in [-0.39, 0.29) is 23.5 Å². The Labute approximate surface area is 187 Å². The third kappa shape index (κ3) is 4.55. The number of nitrogens with one attached hydrogen (secondary N) is 1. The van der Waals surface area contributed by atoms with Crippen molar-refractivity contribution in [3.8, 4) is 0 Å². The maximum atomic E-state index is 13.5. The molecule has 2 aromatic rings. The zero-order valence-corrected chi connectivity index (χ0v) is 18.7. The highest BCUT2D eigenvalue weighted by Crippen LogP contribution is 2.37. The number of esters is 1. The number of benzene rings is 1. The monoisotopic (exact) mass is 443 g/mol. The quantitative estimate of drug-likeness (QED) is 0.548. The van der Waals surface area contributed by atoms with Gasteiger partial charge >= 0.3 is 5.97 Å². The number of aromatic nitrogens is 2. The smallest absolute Gasteiger partial charge is 0.338 e. The van der Waals surface area contributed by atoms with Gasteiger partial charge in [0, 0.05) is 32.7 Å². The van der Waals surface area contributed by atoms with Crippen molar-refractivity contribution in [1.82, 2.24) is 15.1 Å². The van der Waals surface area contributed by atoms with Crippen LogP contribution in [-0.4, -0.2) is 48.0 Å². The molecule has 0 atom stereocenters. The summed E-state index contributed by atoms with van der Waals surface area (Å²) in [4.78, 5) is 25.2. The van der Waals surface area contributed by atoms with Crippen molar-refractivity contribution < 1.29 is 23.5 Å². The van der Waals surface area contributed by atoms with Crippen molar-refractivity contribution in [3.63, 3.8) is 0 Å². The average Bonchev–Trinajstić information content (AvgIpc) is 3.07. The highest BCUT2D eigenvalue weighted by atomic mass is 19.1. The molecule has 0 radical (unpaired) electrons. The van der Waals surface area contributed by atoms with Crippen molar-refractivity contribution >= 4 is 11.9 Å². The zero-order chi connectivity index (χ0) is 22.7. The minimum Gasteiger partial charge on any atom is -0.462 e. The number of nitrogens with zero attached hydrogens (tertiary/aromatic N) is 2. The van der Waals surface area contributed by atoms with Gasteiger partial charge in [-0.15, -0.1) is 0 Å². The number of hydrogen-bond donors (Lipinski definition) is 1. The molecular formula is C24H30FN3O4. The Morgan fingerprint density at radius 2 is 2.12 bits per heavy atom. The third-order valence-electron chi connectivity index (χ3n) is 6.58. The van der Waals surface area contributed by atoms with Crippen LogP contribution in [0, 0.1) is 18.2 Å². The van der Waals surface area contributed by atoms with Crippen molar-refractivity contribution in [2.45, 2.75) is 52.5 Å². The molecule has 0 unspecified atom stereocenters.